The van der Waals surface area contributed by atoms with Crippen LogP contribution in [0.2, 0.25) is 0 Å². The summed E-state index contributed by atoms with van der Waals surface area (Å²) in [5.41, 5.74) is 3.67. The Kier molecular flexibility index (Phi) is 10.2. The van der Waals surface area contributed by atoms with E-state index in [1.165, 1.54) is 17.7 Å². The standard InChI is InChI=1S/C19H37N5O/c1-7-9-12-25-13-10-11-21-19(20-8-2)22-15(3)14-18-16(4)23-24(6)17(18)5/h15H,7-14H2,1-6H3,(H2,20,21,22). The number of unbranched alkanes of at least 4 members (excludes halogenated alkanes) is 1. The molecule has 1 heterocycles. The number of ether oxygens (including phenoxy) is 1. The van der Waals surface area contributed by atoms with E-state index >= 15 is 0 Å². The van der Waals surface area contributed by atoms with Crippen LogP contribution in [0.1, 0.15) is 57.0 Å². The van der Waals surface area contributed by atoms with Crippen molar-refractivity contribution >= 4 is 5.96 Å². The topological polar surface area (TPSA) is 63.5 Å². The smallest absolute Gasteiger partial charge is 0.191 e. The fourth-order valence-corrected chi connectivity index (χ4v) is 2.73. The number of rotatable bonds is 11. The summed E-state index contributed by atoms with van der Waals surface area (Å²) >= 11 is 0. The molecule has 0 aromatic carbocycles. The van der Waals surface area contributed by atoms with Gasteiger partial charge >= 0.3 is 0 Å². The van der Waals surface area contributed by atoms with Crippen molar-refractivity contribution in [2.24, 2.45) is 12.0 Å². The highest BCUT2D eigenvalue weighted by molar-refractivity contribution is 5.80. The third-order valence-corrected chi connectivity index (χ3v) is 4.26. The van der Waals surface area contributed by atoms with Crippen LogP contribution < -0.4 is 10.6 Å². The lowest BCUT2D eigenvalue weighted by Gasteiger charge is -2.18. The highest BCUT2D eigenvalue weighted by atomic mass is 16.5. The summed E-state index contributed by atoms with van der Waals surface area (Å²) < 4.78 is 7.54. The van der Waals surface area contributed by atoms with Crippen LogP contribution in [0.25, 0.3) is 0 Å². The quantitative estimate of drug-likeness (QED) is 0.365. The van der Waals surface area contributed by atoms with Gasteiger partial charge in [-0.2, -0.15) is 5.10 Å². The van der Waals surface area contributed by atoms with Gasteiger partial charge in [-0.25, -0.2) is 0 Å². The number of aliphatic imine (C=N–C) groups is 1. The first-order valence-electron chi connectivity index (χ1n) is 9.61. The van der Waals surface area contributed by atoms with E-state index in [4.69, 9.17) is 4.74 Å². The lowest BCUT2D eigenvalue weighted by atomic mass is 10.1. The van der Waals surface area contributed by atoms with Crippen LogP contribution in [-0.4, -0.2) is 48.1 Å². The molecule has 0 amide bonds. The van der Waals surface area contributed by atoms with Gasteiger partial charge in [0.05, 0.1) is 5.69 Å². The number of guanidine groups is 1. The maximum atomic E-state index is 5.59. The second-order valence-electron chi connectivity index (χ2n) is 6.60. The molecule has 0 saturated carbocycles. The van der Waals surface area contributed by atoms with Crippen LogP contribution in [0.3, 0.4) is 0 Å². The number of nitrogens with zero attached hydrogens (tertiary/aromatic N) is 3. The van der Waals surface area contributed by atoms with Crippen LogP contribution in [0.5, 0.6) is 0 Å². The van der Waals surface area contributed by atoms with Crippen molar-refractivity contribution in [1.29, 1.82) is 0 Å². The van der Waals surface area contributed by atoms with E-state index in [9.17, 15) is 0 Å². The summed E-state index contributed by atoms with van der Waals surface area (Å²) in [7, 11) is 2.00. The number of hydrogen-bond acceptors (Lipinski definition) is 3. The highest BCUT2D eigenvalue weighted by Crippen LogP contribution is 2.14. The van der Waals surface area contributed by atoms with E-state index in [0.29, 0.717) is 6.04 Å². The zero-order valence-electron chi connectivity index (χ0n) is 17.0. The summed E-state index contributed by atoms with van der Waals surface area (Å²) in [6.07, 6.45) is 4.21. The number of hydrogen-bond donors (Lipinski definition) is 2. The van der Waals surface area contributed by atoms with Gasteiger partial charge in [-0.15, -0.1) is 0 Å². The first kappa shape index (κ1) is 21.5. The van der Waals surface area contributed by atoms with Crippen molar-refractivity contribution in [2.45, 2.75) is 66.3 Å². The Bertz CT molecular complexity index is 524. The summed E-state index contributed by atoms with van der Waals surface area (Å²) in [6, 6.07) is 0.292. The third kappa shape index (κ3) is 7.90. The first-order valence-corrected chi connectivity index (χ1v) is 9.61. The Labute approximate surface area is 153 Å². The van der Waals surface area contributed by atoms with Gasteiger partial charge in [-0.1, -0.05) is 13.3 Å². The molecule has 2 N–H and O–H groups in total. The van der Waals surface area contributed by atoms with Gasteiger partial charge in [0.15, 0.2) is 5.96 Å². The molecule has 0 aliphatic carbocycles. The van der Waals surface area contributed by atoms with Crippen LogP contribution in [0.15, 0.2) is 4.99 Å². The highest BCUT2D eigenvalue weighted by Gasteiger charge is 2.13. The molecule has 0 aliphatic heterocycles. The van der Waals surface area contributed by atoms with Gasteiger partial charge in [0, 0.05) is 45.1 Å². The van der Waals surface area contributed by atoms with Gasteiger partial charge in [-0.05, 0) is 52.5 Å². The van der Waals surface area contributed by atoms with Crippen LogP contribution in [0.4, 0.5) is 0 Å². The van der Waals surface area contributed by atoms with E-state index in [1.807, 2.05) is 11.7 Å². The summed E-state index contributed by atoms with van der Waals surface area (Å²) in [5, 5.41) is 11.3. The minimum absolute atomic E-state index is 0.292. The molecule has 1 aromatic heterocycles. The minimum Gasteiger partial charge on any atom is -0.381 e. The van der Waals surface area contributed by atoms with Gasteiger partial charge in [-0.3, -0.25) is 9.67 Å². The molecular formula is C19H37N5O. The molecule has 1 atom stereocenters. The number of aromatic nitrogens is 2. The van der Waals surface area contributed by atoms with Crippen molar-refractivity contribution in [2.75, 3.05) is 26.3 Å². The fourth-order valence-electron chi connectivity index (χ4n) is 2.73. The van der Waals surface area contributed by atoms with Crippen molar-refractivity contribution in [3.05, 3.63) is 17.0 Å². The van der Waals surface area contributed by atoms with E-state index < -0.39 is 0 Å². The van der Waals surface area contributed by atoms with Crippen LogP contribution >= 0.6 is 0 Å². The van der Waals surface area contributed by atoms with Gasteiger partial charge < -0.3 is 15.4 Å². The summed E-state index contributed by atoms with van der Waals surface area (Å²) in [6.45, 7) is 13.9. The molecule has 0 fully saturated rings. The normalized spacial score (nSPS) is 13.1. The lowest BCUT2D eigenvalue weighted by Crippen LogP contribution is -2.43. The van der Waals surface area contributed by atoms with Crippen molar-refractivity contribution in [3.63, 3.8) is 0 Å². The Morgan fingerprint density at radius 3 is 2.56 bits per heavy atom. The monoisotopic (exact) mass is 351 g/mol. The molecule has 6 heteroatoms. The van der Waals surface area contributed by atoms with Gasteiger partial charge in [0.25, 0.3) is 0 Å². The lowest BCUT2D eigenvalue weighted by molar-refractivity contribution is 0.130. The number of aryl methyl sites for hydroxylation is 2. The molecule has 0 saturated heterocycles. The van der Waals surface area contributed by atoms with Crippen molar-refractivity contribution in [1.82, 2.24) is 20.4 Å². The minimum atomic E-state index is 0.292. The average Bonchev–Trinajstić information content (AvgIpc) is 2.80. The SMILES string of the molecule is CCCCOCCCN=C(NCC)NC(C)Cc1c(C)nn(C)c1C. The Balaban J connectivity index is 2.45. The summed E-state index contributed by atoms with van der Waals surface area (Å²) in [5.74, 6) is 0.878. The fraction of sp³-hybridized carbons (Fsp3) is 0.789. The first-order chi connectivity index (χ1) is 12.0. The molecule has 0 aliphatic rings. The molecule has 1 unspecified atom stereocenters. The van der Waals surface area contributed by atoms with E-state index in [-0.39, 0.29) is 0 Å². The molecule has 144 valence electrons. The molecule has 6 nitrogen and oxygen atoms in total. The molecule has 1 aromatic rings. The zero-order valence-corrected chi connectivity index (χ0v) is 17.0. The Morgan fingerprint density at radius 2 is 1.96 bits per heavy atom. The molecular weight excluding hydrogens is 314 g/mol. The van der Waals surface area contributed by atoms with Gasteiger partial charge in [0.2, 0.25) is 0 Å². The largest absolute Gasteiger partial charge is 0.381 e. The maximum Gasteiger partial charge on any atom is 0.191 e. The van der Waals surface area contributed by atoms with Crippen LogP contribution in [-0.2, 0) is 18.2 Å². The van der Waals surface area contributed by atoms with E-state index in [2.05, 4.69) is 55.3 Å². The maximum absolute atomic E-state index is 5.59. The van der Waals surface area contributed by atoms with Crippen molar-refractivity contribution in [3.8, 4) is 0 Å². The molecule has 0 bridgehead atoms. The molecule has 0 radical (unpaired) electrons. The number of nitrogens with one attached hydrogen (secondary N) is 2. The molecule has 1 rings (SSSR count). The molecule has 0 spiro atoms. The van der Waals surface area contributed by atoms with Gasteiger partial charge in [0.1, 0.15) is 0 Å². The third-order valence-electron chi connectivity index (χ3n) is 4.26. The Hall–Kier alpha value is -1.56. The molecule has 25 heavy (non-hydrogen) atoms. The second kappa shape index (κ2) is 11.9. The average molecular weight is 352 g/mol. The van der Waals surface area contributed by atoms with E-state index in [0.717, 1.165) is 57.2 Å². The van der Waals surface area contributed by atoms with Crippen LogP contribution in [0, 0.1) is 13.8 Å². The Morgan fingerprint density at radius 1 is 1.24 bits per heavy atom. The zero-order chi connectivity index (χ0) is 18.7. The summed E-state index contributed by atoms with van der Waals surface area (Å²) in [4.78, 5) is 4.66. The van der Waals surface area contributed by atoms with E-state index in [1.54, 1.807) is 0 Å². The predicted octanol–water partition coefficient (Wildman–Crippen LogP) is 2.73. The predicted molar refractivity (Wildman–Crippen MR) is 105 cm³/mol. The van der Waals surface area contributed by atoms with Crippen molar-refractivity contribution < 1.29 is 4.74 Å². The second-order valence-corrected chi connectivity index (χ2v) is 6.60.